The van der Waals surface area contributed by atoms with Gasteiger partial charge in [0.2, 0.25) is 0 Å². The van der Waals surface area contributed by atoms with Crippen molar-refractivity contribution in [1.29, 1.82) is 0 Å². The predicted molar refractivity (Wildman–Crippen MR) is 99.0 cm³/mol. The summed E-state index contributed by atoms with van der Waals surface area (Å²) in [6.07, 6.45) is 1.99. The summed E-state index contributed by atoms with van der Waals surface area (Å²) >= 11 is 0. The summed E-state index contributed by atoms with van der Waals surface area (Å²) in [4.78, 5) is 9.32. The van der Waals surface area contributed by atoms with Crippen molar-refractivity contribution in [3.05, 3.63) is 42.1 Å². The maximum absolute atomic E-state index is 5.41. The molecule has 0 N–H and O–H groups in total. The first-order chi connectivity index (χ1) is 11.5. The second-order valence-electron chi connectivity index (χ2n) is 7.48. The zero-order valence-electron chi connectivity index (χ0n) is 14.7. The Bertz CT molecular complexity index is 733. The van der Waals surface area contributed by atoms with Crippen LogP contribution in [0.5, 0.6) is 0 Å². The maximum atomic E-state index is 5.41. The van der Waals surface area contributed by atoms with E-state index in [9.17, 15) is 0 Å². The first-order valence-corrected chi connectivity index (χ1v) is 8.69. The van der Waals surface area contributed by atoms with Crippen LogP contribution in [0, 0.1) is 0 Å². The van der Waals surface area contributed by atoms with Crippen molar-refractivity contribution in [2.75, 3.05) is 49.7 Å². The van der Waals surface area contributed by atoms with Crippen molar-refractivity contribution < 1.29 is 4.74 Å². The van der Waals surface area contributed by atoms with Gasteiger partial charge in [0.05, 0.1) is 13.2 Å². The van der Waals surface area contributed by atoms with Crippen LogP contribution in [0.15, 0.2) is 36.5 Å². The third-order valence-corrected chi connectivity index (χ3v) is 5.19. The molecule has 4 heteroatoms. The normalized spacial score (nSPS) is 19.5. The number of pyridine rings is 1. The molecule has 4 nitrogen and oxygen atoms in total. The quantitative estimate of drug-likeness (QED) is 0.848. The number of hydrogen-bond donors (Lipinski definition) is 0. The molecule has 0 unspecified atom stereocenters. The van der Waals surface area contributed by atoms with Gasteiger partial charge in [0.1, 0.15) is 5.82 Å². The highest BCUT2D eigenvalue weighted by molar-refractivity contribution is 5.73. The molecule has 2 aliphatic heterocycles. The molecule has 0 atom stereocenters. The summed E-state index contributed by atoms with van der Waals surface area (Å²) in [5.41, 5.74) is 5.41. The van der Waals surface area contributed by atoms with Gasteiger partial charge in [-0.1, -0.05) is 26.0 Å². The molecule has 1 saturated heterocycles. The van der Waals surface area contributed by atoms with Crippen LogP contribution in [0.3, 0.4) is 0 Å². The Morgan fingerprint density at radius 2 is 1.79 bits per heavy atom. The zero-order chi connectivity index (χ0) is 16.7. The first kappa shape index (κ1) is 15.5. The molecule has 0 radical (unpaired) electrons. The van der Waals surface area contributed by atoms with E-state index in [1.54, 1.807) is 0 Å². The molecule has 126 valence electrons. The Hall–Kier alpha value is -2.07. The van der Waals surface area contributed by atoms with Crippen LogP contribution >= 0.6 is 0 Å². The molecule has 0 spiro atoms. The minimum Gasteiger partial charge on any atom is -0.378 e. The van der Waals surface area contributed by atoms with E-state index in [1.807, 2.05) is 6.20 Å². The maximum Gasteiger partial charge on any atom is 0.128 e. The van der Waals surface area contributed by atoms with Gasteiger partial charge in [-0.15, -0.1) is 0 Å². The smallest absolute Gasteiger partial charge is 0.128 e. The highest BCUT2D eigenvalue weighted by atomic mass is 16.5. The molecule has 0 bridgehead atoms. The highest BCUT2D eigenvalue weighted by Gasteiger charge is 2.33. The topological polar surface area (TPSA) is 28.6 Å². The minimum absolute atomic E-state index is 0.223. The van der Waals surface area contributed by atoms with Crippen molar-refractivity contribution in [3.8, 4) is 11.1 Å². The SMILES string of the molecule is CN1CC(C)(C)c2ccc(-c3ccc(N4CCOCC4)nc3)cc21. The Morgan fingerprint density at radius 1 is 1.04 bits per heavy atom. The van der Waals surface area contributed by atoms with E-state index in [0.717, 1.165) is 38.7 Å². The molecule has 3 heterocycles. The number of likely N-dealkylation sites (N-methyl/N-ethyl adjacent to an activating group) is 1. The van der Waals surface area contributed by atoms with Crippen LogP contribution in [-0.4, -0.2) is 44.9 Å². The summed E-state index contributed by atoms with van der Waals surface area (Å²) in [7, 11) is 2.18. The number of rotatable bonds is 2. The van der Waals surface area contributed by atoms with Crippen molar-refractivity contribution in [3.63, 3.8) is 0 Å². The van der Waals surface area contributed by atoms with Gasteiger partial charge in [0, 0.05) is 49.5 Å². The van der Waals surface area contributed by atoms with E-state index in [2.05, 4.69) is 66.0 Å². The number of aromatic nitrogens is 1. The van der Waals surface area contributed by atoms with Gasteiger partial charge in [-0.25, -0.2) is 4.98 Å². The Morgan fingerprint density at radius 3 is 2.50 bits per heavy atom. The number of benzene rings is 1. The fraction of sp³-hybridized carbons (Fsp3) is 0.450. The van der Waals surface area contributed by atoms with Crippen LogP contribution < -0.4 is 9.80 Å². The van der Waals surface area contributed by atoms with Crippen molar-refractivity contribution >= 4 is 11.5 Å². The van der Waals surface area contributed by atoms with Crippen LogP contribution in [-0.2, 0) is 10.2 Å². The lowest BCUT2D eigenvalue weighted by Crippen LogP contribution is -2.36. The summed E-state index contributed by atoms with van der Waals surface area (Å²) in [6.45, 7) is 9.12. The van der Waals surface area contributed by atoms with Crippen LogP contribution in [0.2, 0.25) is 0 Å². The fourth-order valence-corrected chi connectivity index (χ4v) is 3.90. The molecule has 1 fully saturated rings. The van der Waals surface area contributed by atoms with E-state index in [-0.39, 0.29) is 5.41 Å². The van der Waals surface area contributed by atoms with E-state index < -0.39 is 0 Å². The van der Waals surface area contributed by atoms with Crippen molar-refractivity contribution in [2.45, 2.75) is 19.3 Å². The number of fused-ring (bicyclic) bond motifs is 1. The van der Waals surface area contributed by atoms with Gasteiger partial charge < -0.3 is 14.5 Å². The Labute approximate surface area is 144 Å². The summed E-state index contributed by atoms with van der Waals surface area (Å²) in [5.74, 6) is 1.04. The molecule has 1 aromatic heterocycles. The average molecular weight is 323 g/mol. The molecular formula is C20H25N3O. The predicted octanol–water partition coefficient (Wildman–Crippen LogP) is 3.31. The number of nitrogens with zero attached hydrogens (tertiary/aromatic N) is 3. The van der Waals surface area contributed by atoms with Crippen molar-refractivity contribution in [1.82, 2.24) is 4.98 Å². The summed E-state index contributed by atoms with van der Waals surface area (Å²) in [5, 5.41) is 0. The van der Waals surface area contributed by atoms with Gasteiger partial charge in [-0.05, 0) is 29.3 Å². The van der Waals surface area contributed by atoms with Crippen LogP contribution in [0.25, 0.3) is 11.1 Å². The van der Waals surface area contributed by atoms with Crippen molar-refractivity contribution in [2.24, 2.45) is 0 Å². The van der Waals surface area contributed by atoms with E-state index in [1.165, 1.54) is 22.4 Å². The first-order valence-electron chi connectivity index (χ1n) is 8.69. The molecule has 0 saturated carbocycles. The number of ether oxygens (including phenoxy) is 1. The zero-order valence-corrected chi connectivity index (χ0v) is 14.7. The second-order valence-corrected chi connectivity index (χ2v) is 7.48. The molecule has 2 aromatic rings. The number of anilines is 2. The summed E-state index contributed by atoms with van der Waals surface area (Å²) < 4.78 is 5.41. The summed E-state index contributed by atoms with van der Waals surface area (Å²) in [6, 6.07) is 11.1. The van der Waals surface area contributed by atoms with E-state index in [0.29, 0.717) is 0 Å². The molecule has 4 rings (SSSR count). The minimum atomic E-state index is 0.223. The number of morpholine rings is 1. The van der Waals surface area contributed by atoms with Crippen LogP contribution in [0.1, 0.15) is 19.4 Å². The van der Waals surface area contributed by atoms with E-state index >= 15 is 0 Å². The second kappa shape index (κ2) is 5.78. The highest BCUT2D eigenvalue weighted by Crippen LogP contribution is 2.41. The molecule has 2 aliphatic rings. The molecule has 0 aliphatic carbocycles. The van der Waals surface area contributed by atoms with Gasteiger partial charge in [0.15, 0.2) is 0 Å². The fourth-order valence-electron chi connectivity index (χ4n) is 3.90. The third-order valence-electron chi connectivity index (χ3n) is 5.19. The van der Waals surface area contributed by atoms with Gasteiger partial charge in [0.25, 0.3) is 0 Å². The Kier molecular flexibility index (Phi) is 3.72. The molecular weight excluding hydrogens is 298 g/mol. The Balaban J connectivity index is 1.61. The lowest BCUT2D eigenvalue weighted by atomic mass is 9.86. The van der Waals surface area contributed by atoms with Crippen LogP contribution in [0.4, 0.5) is 11.5 Å². The third kappa shape index (κ3) is 2.65. The standard InChI is InChI=1S/C20H25N3O/c1-20(2)14-22(3)18-12-15(4-6-17(18)20)16-5-7-19(21-13-16)23-8-10-24-11-9-23/h4-7,12-13H,8-11,14H2,1-3H3. The van der Waals surface area contributed by atoms with Gasteiger partial charge in [-0.2, -0.15) is 0 Å². The van der Waals surface area contributed by atoms with Gasteiger partial charge >= 0.3 is 0 Å². The lowest BCUT2D eigenvalue weighted by molar-refractivity contribution is 0.122. The molecule has 24 heavy (non-hydrogen) atoms. The average Bonchev–Trinajstić information content (AvgIpc) is 2.84. The molecule has 0 amide bonds. The lowest BCUT2D eigenvalue weighted by Gasteiger charge is -2.27. The van der Waals surface area contributed by atoms with E-state index in [4.69, 9.17) is 4.74 Å². The largest absolute Gasteiger partial charge is 0.378 e. The van der Waals surface area contributed by atoms with Gasteiger partial charge in [-0.3, -0.25) is 0 Å². The monoisotopic (exact) mass is 323 g/mol. The molecule has 1 aromatic carbocycles. The number of hydrogen-bond acceptors (Lipinski definition) is 4.